The molecule has 0 fully saturated rings. The summed E-state index contributed by atoms with van der Waals surface area (Å²) in [6.07, 6.45) is 0. The van der Waals surface area contributed by atoms with Crippen molar-refractivity contribution in [2.24, 2.45) is 0 Å². The fourth-order valence-electron chi connectivity index (χ4n) is 3.00. The first-order chi connectivity index (χ1) is 10.2. The van der Waals surface area contributed by atoms with E-state index in [-0.39, 0.29) is 0 Å². The summed E-state index contributed by atoms with van der Waals surface area (Å²) >= 11 is -3.97. The second-order valence-electron chi connectivity index (χ2n) is 8.44. The molecule has 0 saturated heterocycles. The molecule has 3 aromatic rings. The van der Waals surface area contributed by atoms with Gasteiger partial charge in [0.1, 0.15) is 0 Å². The first-order valence-electron chi connectivity index (χ1n) is 8.14. The van der Waals surface area contributed by atoms with E-state index in [2.05, 4.69) is 78.2 Å². The Balaban J connectivity index is 2.24. The zero-order chi connectivity index (χ0) is 16.1. The van der Waals surface area contributed by atoms with Crippen LogP contribution in [0.25, 0.3) is 21.5 Å². The van der Waals surface area contributed by atoms with Crippen molar-refractivity contribution < 1.29 is 0 Å². The molecule has 0 nitrogen and oxygen atoms in total. The maximum atomic E-state index is 2.49. The molecule has 0 radical (unpaired) electrons. The summed E-state index contributed by atoms with van der Waals surface area (Å²) in [7, 11) is 0. The minimum atomic E-state index is -1.98. The summed E-state index contributed by atoms with van der Waals surface area (Å²) in [5, 5.41) is 5.63. The van der Waals surface area contributed by atoms with E-state index >= 15 is 0 Å². The van der Waals surface area contributed by atoms with Gasteiger partial charge < -0.3 is 0 Å². The predicted octanol–water partition coefficient (Wildman–Crippen LogP) is 5.08. The molecule has 0 amide bonds. The second-order valence-corrected chi connectivity index (χ2v) is 37.4. The molecule has 22 heavy (non-hydrogen) atoms. The first-order valence-corrected chi connectivity index (χ1v) is 28.1. The number of fused-ring (bicyclic) bond motifs is 3. The van der Waals surface area contributed by atoms with E-state index in [0.29, 0.717) is 0 Å². The van der Waals surface area contributed by atoms with Gasteiger partial charge in [0.15, 0.2) is 0 Å². The van der Waals surface area contributed by atoms with Crippen LogP contribution in [0.2, 0.25) is 29.6 Å². The molecule has 0 aliphatic carbocycles. The molecule has 3 aromatic carbocycles. The fraction of sp³-hybridized carbons (Fsp3) is 0.300. The summed E-state index contributed by atoms with van der Waals surface area (Å²) in [5.41, 5.74) is 0. The summed E-state index contributed by atoms with van der Waals surface area (Å²) in [6, 6.07) is 19.0. The van der Waals surface area contributed by atoms with Gasteiger partial charge in [-0.15, -0.1) is 0 Å². The van der Waals surface area contributed by atoms with Crippen LogP contribution in [0, 0.1) is 0 Å². The van der Waals surface area contributed by atoms with Gasteiger partial charge in [0.2, 0.25) is 0 Å². The topological polar surface area (TPSA) is 0 Å². The molecule has 0 atom stereocenters. The van der Waals surface area contributed by atoms with E-state index in [4.69, 9.17) is 0 Å². The number of hydrogen-bond acceptors (Lipinski definition) is 0. The van der Waals surface area contributed by atoms with Gasteiger partial charge >= 0.3 is 144 Å². The van der Waals surface area contributed by atoms with Crippen molar-refractivity contribution in [1.29, 1.82) is 0 Å². The van der Waals surface area contributed by atoms with Crippen molar-refractivity contribution in [3.05, 3.63) is 48.5 Å². The number of hydrogen-bond donors (Lipinski definition) is 0. The molecule has 0 bridgehead atoms. The van der Waals surface area contributed by atoms with E-state index < -0.39 is 36.8 Å². The first kappa shape index (κ1) is 16.6. The molecule has 0 aliphatic rings. The van der Waals surface area contributed by atoms with Crippen LogP contribution in [-0.2, 0) is 0 Å². The van der Waals surface area contributed by atoms with Gasteiger partial charge in [-0.25, -0.2) is 0 Å². The number of rotatable bonds is 2. The monoisotopic (exact) mass is 506 g/mol. The molecule has 0 heterocycles. The fourth-order valence-corrected chi connectivity index (χ4v) is 9.69. The van der Waals surface area contributed by atoms with Crippen LogP contribution in [-0.4, -0.2) is 36.8 Å². The van der Waals surface area contributed by atoms with E-state index in [0.717, 1.165) is 0 Å². The maximum absolute atomic E-state index is 2.49. The van der Waals surface area contributed by atoms with Crippen molar-refractivity contribution in [2.45, 2.75) is 29.6 Å². The quantitative estimate of drug-likeness (QED) is 0.338. The predicted molar refractivity (Wildman–Crippen MR) is 107 cm³/mol. The second kappa shape index (κ2) is 5.69. The third kappa shape index (κ3) is 3.19. The average Bonchev–Trinajstić information content (AvgIpc) is 2.44. The standard InChI is InChI=1S/C14H8.6CH3.2Sn/c1-3-7-13-11(5-1)9-10-12-6-2-4-8-14(12)13;;;;;;;;/h3-10H;6*1H3;;. The van der Waals surface area contributed by atoms with Crippen molar-refractivity contribution in [2.75, 3.05) is 0 Å². The van der Waals surface area contributed by atoms with Gasteiger partial charge in [0.25, 0.3) is 0 Å². The normalized spacial score (nSPS) is 13.0. The molecule has 0 spiro atoms. The Morgan fingerprint density at radius 1 is 0.500 bits per heavy atom. The average molecular weight is 504 g/mol. The Morgan fingerprint density at radius 2 is 0.864 bits per heavy atom. The third-order valence-corrected chi connectivity index (χ3v) is 16.2. The van der Waals surface area contributed by atoms with Crippen molar-refractivity contribution >= 4 is 65.5 Å². The van der Waals surface area contributed by atoms with Gasteiger partial charge in [-0.2, -0.15) is 0 Å². The van der Waals surface area contributed by atoms with Crippen LogP contribution in [0.5, 0.6) is 0 Å². The third-order valence-electron chi connectivity index (χ3n) is 4.57. The summed E-state index contributed by atoms with van der Waals surface area (Å²) in [4.78, 5) is 14.9. The molecule has 0 unspecified atom stereocenters. The summed E-state index contributed by atoms with van der Waals surface area (Å²) in [5.74, 6) is 0. The van der Waals surface area contributed by atoms with Crippen molar-refractivity contribution in [3.8, 4) is 0 Å². The minimum absolute atomic E-state index is 1.41. The Kier molecular flexibility index (Phi) is 4.30. The molecule has 0 aromatic heterocycles. The van der Waals surface area contributed by atoms with E-state index in [1.54, 1.807) is 7.16 Å². The molecule has 0 N–H and O–H groups in total. The van der Waals surface area contributed by atoms with Gasteiger partial charge in [0.05, 0.1) is 0 Å². The van der Waals surface area contributed by atoms with Crippen LogP contribution >= 0.6 is 0 Å². The van der Waals surface area contributed by atoms with Crippen LogP contribution in [0.4, 0.5) is 0 Å². The van der Waals surface area contributed by atoms with Crippen molar-refractivity contribution in [3.63, 3.8) is 0 Å². The van der Waals surface area contributed by atoms with E-state index in [1.165, 1.54) is 21.5 Å². The summed E-state index contributed by atoms with van der Waals surface area (Å²) in [6.45, 7) is 0. The molecule has 0 aliphatic heterocycles. The Labute approximate surface area is 142 Å². The van der Waals surface area contributed by atoms with Gasteiger partial charge in [0, 0.05) is 0 Å². The van der Waals surface area contributed by atoms with Crippen LogP contribution in [0.15, 0.2) is 48.5 Å². The van der Waals surface area contributed by atoms with Gasteiger partial charge in [-0.05, 0) is 0 Å². The van der Waals surface area contributed by atoms with E-state index in [1.807, 2.05) is 0 Å². The van der Waals surface area contributed by atoms with Gasteiger partial charge in [-0.1, -0.05) is 0 Å². The molecule has 3 rings (SSSR count). The molecule has 0 saturated carbocycles. The Bertz CT molecular complexity index is 776. The molecular formula is C20H26Sn2. The Hall–Kier alpha value is -0.223. The summed E-state index contributed by atoms with van der Waals surface area (Å²) < 4.78 is 3.23. The Morgan fingerprint density at radius 3 is 1.18 bits per heavy atom. The van der Waals surface area contributed by atoms with Crippen LogP contribution in [0.3, 0.4) is 0 Å². The zero-order valence-electron chi connectivity index (χ0n) is 14.6. The van der Waals surface area contributed by atoms with Crippen LogP contribution in [0.1, 0.15) is 0 Å². The van der Waals surface area contributed by atoms with E-state index in [9.17, 15) is 0 Å². The molecule has 2 heteroatoms. The van der Waals surface area contributed by atoms with Crippen LogP contribution < -0.4 is 7.16 Å². The SMILES string of the molecule is [CH3][Sn]([CH3])([CH3])[c]1ccc2c(ccc3c[c]([Sn]([CH3])([CH3])[CH3])ccc32)c1. The molecule has 114 valence electrons. The zero-order valence-corrected chi connectivity index (χ0v) is 20.3. The van der Waals surface area contributed by atoms with Crippen molar-refractivity contribution in [1.82, 2.24) is 0 Å². The number of benzene rings is 3. The molecular weight excluding hydrogens is 478 g/mol. The van der Waals surface area contributed by atoms with Gasteiger partial charge in [-0.3, -0.25) is 0 Å².